The predicted molar refractivity (Wildman–Crippen MR) is 104 cm³/mol. The lowest BCUT2D eigenvalue weighted by Gasteiger charge is -2.22. The van der Waals surface area contributed by atoms with Crippen molar-refractivity contribution >= 4 is 39.4 Å². The number of rotatable bonds is 6. The minimum Gasteiger partial charge on any atom is -0.481 e. The molecular weight excluding hydrogens is 400 g/mol. The molecule has 0 radical (unpaired) electrons. The van der Waals surface area contributed by atoms with Gasteiger partial charge in [0.15, 0.2) is 5.90 Å². The molecule has 2 rings (SSSR count). The van der Waals surface area contributed by atoms with Crippen LogP contribution in [0.2, 0.25) is 0 Å². The lowest BCUT2D eigenvalue weighted by atomic mass is 10.2. The number of alkyl halides is 1. The molecule has 0 spiro atoms. The van der Waals surface area contributed by atoms with E-state index in [1.807, 2.05) is 49.9 Å². The molecule has 1 saturated heterocycles. The van der Waals surface area contributed by atoms with Gasteiger partial charge in [0.25, 0.3) is 0 Å². The van der Waals surface area contributed by atoms with Gasteiger partial charge >= 0.3 is 5.97 Å². The number of hydrogen-bond donors (Lipinski definition) is 1. The second-order valence-electron chi connectivity index (χ2n) is 7.30. The number of ether oxygens (including phenoxy) is 1. The summed E-state index contributed by atoms with van der Waals surface area (Å²) < 4.78 is 5.78. The summed E-state index contributed by atoms with van der Waals surface area (Å²) in [6.45, 7) is 7.03. The number of carboxylic acids is 1. The van der Waals surface area contributed by atoms with Crippen molar-refractivity contribution in [3.63, 3.8) is 0 Å². The second-order valence-corrected chi connectivity index (χ2v) is 8.40. The van der Waals surface area contributed by atoms with Gasteiger partial charge in [-0.1, -0.05) is 28.1 Å². The predicted octanol–water partition coefficient (Wildman–Crippen LogP) is 3.89. The van der Waals surface area contributed by atoms with Crippen molar-refractivity contribution in [2.75, 3.05) is 6.54 Å². The Morgan fingerprint density at radius 1 is 1.31 bits per heavy atom. The van der Waals surface area contributed by atoms with Crippen LogP contribution in [0.5, 0.6) is 0 Å². The molecule has 1 atom stereocenters. The number of nitrogens with zero attached hydrogens (tertiary/aromatic N) is 2. The van der Waals surface area contributed by atoms with Crippen LogP contribution in [0.3, 0.4) is 0 Å². The number of carboxylic acid groups (broad SMARTS) is 1. The Balaban J connectivity index is 2.07. The van der Waals surface area contributed by atoms with Crippen molar-refractivity contribution in [3.8, 4) is 0 Å². The van der Waals surface area contributed by atoms with Crippen LogP contribution in [0.1, 0.15) is 45.6 Å². The lowest BCUT2D eigenvalue weighted by molar-refractivity contribution is -0.137. The van der Waals surface area contributed by atoms with E-state index in [1.165, 1.54) is 0 Å². The van der Waals surface area contributed by atoms with Crippen molar-refractivity contribution in [2.24, 2.45) is 4.99 Å². The molecule has 1 aromatic rings. The average Bonchev–Trinajstić information content (AvgIpc) is 2.85. The van der Waals surface area contributed by atoms with Crippen molar-refractivity contribution in [1.82, 2.24) is 4.90 Å². The Kier molecular flexibility index (Phi) is 6.81. The van der Waals surface area contributed by atoms with Gasteiger partial charge in [-0.2, -0.15) is 0 Å². The molecule has 1 unspecified atom stereocenters. The smallest absolute Gasteiger partial charge is 0.303 e. The van der Waals surface area contributed by atoms with E-state index in [4.69, 9.17) is 9.84 Å². The van der Waals surface area contributed by atoms with Gasteiger partial charge in [-0.15, -0.1) is 0 Å². The van der Waals surface area contributed by atoms with Crippen LogP contribution in [0, 0.1) is 0 Å². The van der Waals surface area contributed by atoms with Gasteiger partial charge in [-0.3, -0.25) is 9.59 Å². The molecule has 26 heavy (non-hydrogen) atoms. The molecule has 0 saturated carbocycles. The third-order valence-corrected chi connectivity index (χ3v) is 4.62. The summed E-state index contributed by atoms with van der Waals surface area (Å²) in [6.07, 6.45) is 1.04. The molecule has 1 heterocycles. The Labute approximate surface area is 162 Å². The van der Waals surface area contributed by atoms with Crippen molar-refractivity contribution in [3.05, 3.63) is 29.8 Å². The third kappa shape index (κ3) is 6.44. The zero-order valence-corrected chi connectivity index (χ0v) is 17.0. The van der Waals surface area contributed by atoms with E-state index >= 15 is 0 Å². The Hall–Kier alpha value is -1.89. The zero-order chi connectivity index (χ0) is 19.3. The van der Waals surface area contributed by atoms with Gasteiger partial charge in [0.2, 0.25) is 5.91 Å². The molecule has 1 fully saturated rings. The Morgan fingerprint density at radius 3 is 2.46 bits per heavy atom. The van der Waals surface area contributed by atoms with Gasteiger partial charge in [0.05, 0.1) is 16.9 Å². The first kappa shape index (κ1) is 20.4. The van der Waals surface area contributed by atoms with Crippen molar-refractivity contribution in [2.45, 2.75) is 57.0 Å². The summed E-state index contributed by atoms with van der Waals surface area (Å²) in [5.74, 6) is -0.350. The normalized spacial score (nSPS) is 18.3. The number of amides is 1. The minimum atomic E-state index is -0.883. The van der Waals surface area contributed by atoms with E-state index < -0.39 is 11.6 Å². The second kappa shape index (κ2) is 8.66. The standard InChI is InChI=1S/C19H25BrN2O4/c1-19(2,3)26-16(8-9-17(23)24)21-14-6-4-13(5-7-14)12-22-11-10-15(20)18(22)25/h4-7,15H,8-12H2,1-3H3,(H,23,24). The number of halogens is 1. The largest absolute Gasteiger partial charge is 0.481 e. The van der Waals surface area contributed by atoms with E-state index in [1.54, 1.807) is 0 Å². The first-order valence-electron chi connectivity index (χ1n) is 8.64. The summed E-state index contributed by atoms with van der Waals surface area (Å²) in [5.41, 5.74) is 1.28. The van der Waals surface area contributed by atoms with E-state index in [0.717, 1.165) is 18.5 Å². The summed E-state index contributed by atoms with van der Waals surface area (Å²) >= 11 is 3.38. The van der Waals surface area contributed by atoms with Crippen LogP contribution >= 0.6 is 15.9 Å². The maximum absolute atomic E-state index is 12.0. The van der Waals surface area contributed by atoms with Gasteiger partial charge in [-0.05, 0) is 44.9 Å². The quantitative estimate of drug-likeness (QED) is 0.426. The highest BCUT2D eigenvalue weighted by Crippen LogP contribution is 2.22. The SMILES string of the molecule is CC(C)(C)OC(CCC(=O)O)=Nc1ccc(CN2CCC(Br)C2=O)cc1. The molecule has 142 valence electrons. The number of benzene rings is 1. The van der Waals surface area contributed by atoms with Crippen molar-refractivity contribution < 1.29 is 19.4 Å². The van der Waals surface area contributed by atoms with E-state index in [2.05, 4.69) is 20.9 Å². The monoisotopic (exact) mass is 424 g/mol. The van der Waals surface area contributed by atoms with Gasteiger partial charge < -0.3 is 14.7 Å². The topological polar surface area (TPSA) is 79.2 Å². The maximum Gasteiger partial charge on any atom is 0.303 e. The summed E-state index contributed by atoms with van der Waals surface area (Å²) in [4.78, 5) is 29.0. The molecule has 1 aliphatic rings. The number of hydrogen-bond acceptors (Lipinski definition) is 4. The van der Waals surface area contributed by atoms with E-state index in [0.29, 0.717) is 18.1 Å². The lowest BCUT2D eigenvalue weighted by Crippen LogP contribution is -2.26. The molecule has 0 bridgehead atoms. The summed E-state index contributed by atoms with van der Waals surface area (Å²) in [7, 11) is 0. The van der Waals surface area contributed by atoms with Gasteiger partial charge in [0, 0.05) is 19.5 Å². The molecule has 0 aliphatic carbocycles. The Bertz CT molecular complexity index is 680. The molecule has 7 heteroatoms. The highest BCUT2D eigenvalue weighted by atomic mass is 79.9. The molecule has 6 nitrogen and oxygen atoms in total. The average molecular weight is 425 g/mol. The fourth-order valence-electron chi connectivity index (χ4n) is 2.60. The zero-order valence-electron chi connectivity index (χ0n) is 15.4. The first-order chi connectivity index (χ1) is 12.1. The fourth-order valence-corrected chi connectivity index (χ4v) is 3.09. The number of aliphatic carboxylic acids is 1. The molecular formula is C19H25BrN2O4. The fraction of sp³-hybridized carbons (Fsp3) is 0.526. The van der Waals surface area contributed by atoms with Crippen LogP contribution in [0.15, 0.2) is 29.3 Å². The summed E-state index contributed by atoms with van der Waals surface area (Å²) in [5, 5.41) is 8.89. The van der Waals surface area contributed by atoms with Crippen LogP contribution in [0.4, 0.5) is 5.69 Å². The van der Waals surface area contributed by atoms with Crippen LogP contribution in [-0.4, -0.2) is 44.8 Å². The van der Waals surface area contributed by atoms with Gasteiger partial charge in [-0.25, -0.2) is 4.99 Å². The van der Waals surface area contributed by atoms with Crippen molar-refractivity contribution in [1.29, 1.82) is 0 Å². The molecule has 1 N–H and O–H groups in total. The molecule has 1 amide bonds. The van der Waals surface area contributed by atoms with Gasteiger partial charge in [0.1, 0.15) is 5.60 Å². The number of aliphatic imine (C=N–C) groups is 1. The summed E-state index contributed by atoms with van der Waals surface area (Å²) in [6, 6.07) is 7.57. The molecule has 1 aliphatic heterocycles. The molecule has 0 aromatic heterocycles. The first-order valence-corrected chi connectivity index (χ1v) is 9.56. The minimum absolute atomic E-state index is 0.0300. The van der Waals surface area contributed by atoms with Crippen LogP contribution in [-0.2, 0) is 20.9 Å². The number of carbonyl (C=O) groups excluding carboxylic acids is 1. The number of likely N-dealkylation sites (tertiary alicyclic amines) is 1. The van der Waals surface area contributed by atoms with Crippen LogP contribution < -0.4 is 0 Å². The van der Waals surface area contributed by atoms with E-state index in [-0.39, 0.29) is 23.6 Å². The van der Waals surface area contributed by atoms with E-state index in [9.17, 15) is 9.59 Å². The third-order valence-electron chi connectivity index (χ3n) is 3.77. The number of carbonyl (C=O) groups is 2. The highest BCUT2D eigenvalue weighted by molar-refractivity contribution is 9.10. The Morgan fingerprint density at radius 2 is 1.96 bits per heavy atom. The maximum atomic E-state index is 12.0. The highest BCUT2D eigenvalue weighted by Gasteiger charge is 2.29. The van der Waals surface area contributed by atoms with Crippen LogP contribution in [0.25, 0.3) is 0 Å². The molecule has 1 aromatic carbocycles.